The lowest BCUT2D eigenvalue weighted by atomic mass is 10.1. The smallest absolute Gasteiger partial charge is 0.141 e. The minimum atomic E-state index is -0.190. The zero-order valence-corrected chi connectivity index (χ0v) is 12.5. The van der Waals surface area contributed by atoms with Crippen LogP contribution in [0, 0.1) is 0 Å². The van der Waals surface area contributed by atoms with Crippen LogP contribution in [0.4, 0.5) is 11.4 Å². The number of hydrogen-bond donors (Lipinski definition) is 1. The molecule has 1 atom stereocenters. The summed E-state index contributed by atoms with van der Waals surface area (Å²) in [5.41, 5.74) is 4.92. The van der Waals surface area contributed by atoms with Crippen molar-refractivity contribution in [2.45, 2.75) is 31.3 Å². The molecule has 1 heterocycles. The molecule has 1 saturated carbocycles. The first-order valence-corrected chi connectivity index (χ1v) is 8.02. The molecular formula is C19H20N2O. The second-order valence-electron chi connectivity index (χ2n) is 6.18. The van der Waals surface area contributed by atoms with Crippen molar-refractivity contribution in [1.29, 1.82) is 0 Å². The van der Waals surface area contributed by atoms with E-state index in [0.717, 1.165) is 24.8 Å². The number of hydrogen-bond acceptors (Lipinski definition) is 3. The largest absolute Gasteiger partial charge is 0.341 e. The minimum Gasteiger partial charge on any atom is -0.341 e. The number of benzene rings is 2. The highest BCUT2D eigenvalue weighted by Gasteiger charge is 2.26. The molecule has 4 rings (SSSR count). The fraction of sp³-hybridized carbons (Fsp3) is 0.316. The van der Waals surface area contributed by atoms with E-state index in [9.17, 15) is 4.79 Å². The van der Waals surface area contributed by atoms with Crippen molar-refractivity contribution in [1.82, 2.24) is 5.32 Å². The highest BCUT2D eigenvalue weighted by molar-refractivity contribution is 5.71. The summed E-state index contributed by atoms with van der Waals surface area (Å²) in [7, 11) is 0. The lowest BCUT2D eigenvalue weighted by Crippen LogP contribution is -2.24. The van der Waals surface area contributed by atoms with Crippen molar-refractivity contribution in [3.05, 3.63) is 59.7 Å². The zero-order valence-electron chi connectivity index (χ0n) is 12.5. The predicted octanol–water partition coefficient (Wildman–Crippen LogP) is 3.37. The van der Waals surface area contributed by atoms with Crippen LogP contribution in [0.1, 0.15) is 30.0 Å². The average Bonchev–Trinajstić information content (AvgIpc) is 3.29. The number of nitrogens with zero attached hydrogens (tertiary/aromatic N) is 1. The maximum absolute atomic E-state index is 11.4. The van der Waals surface area contributed by atoms with Gasteiger partial charge in [0.05, 0.1) is 6.04 Å². The topological polar surface area (TPSA) is 32.3 Å². The van der Waals surface area contributed by atoms with E-state index >= 15 is 0 Å². The van der Waals surface area contributed by atoms with Crippen molar-refractivity contribution < 1.29 is 4.79 Å². The second-order valence-corrected chi connectivity index (χ2v) is 6.18. The first-order valence-electron chi connectivity index (χ1n) is 8.02. The molecule has 1 unspecified atom stereocenters. The Labute approximate surface area is 131 Å². The molecule has 2 aromatic carbocycles. The second kappa shape index (κ2) is 5.58. The molecule has 0 amide bonds. The van der Waals surface area contributed by atoms with E-state index in [2.05, 4.69) is 52.7 Å². The van der Waals surface area contributed by atoms with Crippen LogP contribution in [0.2, 0.25) is 0 Å². The van der Waals surface area contributed by atoms with Crippen LogP contribution in [0.5, 0.6) is 0 Å². The molecule has 0 saturated heterocycles. The van der Waals surface area contributed by atoms with Crippen LogP contribution < -0.4 is 10.2 Å². The van der Waals surface area contributed by atoms with Gasteiger partial charge < -0.3 is 15.0 Å². The number of rotatable bonds is 5. The van der Waals surface area contributed by atoms with Crippen molar-refractivity contribution >= 4 is 17.7 Å². The van der Waals surface area contributed by atoms with Gasteiger partial charge >= 0.3 is 0 Å². The van der Waals surface area contributed by atoms with Gasteiger partial charge in [-0.3, -0.25) is 0 Å². The molecule has 0 aromatic heterocycles. The summed E-state index contributed by atoms with van der Waals surface area (Å²) in [6.07, 6.45) is 4.47. The lowest BCUT2D eigenvalue weighted by Gasteiger charge is -2.21. The van der Waals surface area contributed by atoms with Crippen molar-refractivity contribution in [3.8, 4) is 0 Å². The Morgan fingerprint density at radius 2 is 2.00 bits per heavy atom. The number of carbonyl (C=O) groups excluding carboxylic acids is 1. The average molecular weight is 292 g/mol. The summed E-state index contributed by atoms with van der Waals surface area (Å²) < 4.78 is 0. The van der Waals surface area contributed by atoms with Gasteiger partial charge in [0.2, 0.25) is 0 Å². The molecule has 1 fully saturated rings. The number of para-hydroxylation sites is 1. The SMILES string of the molecule is O=CC(NC1CC1)c1cccc(N2CCc3ccccc32)c1. The highest BCUT2D eigenvalue weighted by atomic mass is 16.1. The summed E-state index contributed by atoms with van der Waals surface area (Å²) in [4.78, 5) is 13.8. The van der Waals surface area contributed by atoms with Gasteiger partial charge in [0, 0.05) is 24.0 Å². The standard InChI is InChI=1S/C19H20N2O/c22-13-18(20-16-8-9-16)15-5-3-6-17(12-15)21-11-10-14-4-1-2-7-19(14)21/h1-7,12-13,16,18,20H,8-11H2. The van der Waals surface area contributed by atoms with Gasteiger partial charge in [0.15, 0.2) is 0 Å². The van der Waals surface area contributed by atoms with Crippen LogP contribution in [0.25, 0.3) is 0 Å². The molecule has 2 aliphatic rings. The molecule has 2 aromatic rings. The maximum Gasteiger partial charge on any atom is 0.141 e. The number of nitrogens with one attached hydrogen (secondary N) is 1. The Kier molecular flexibility index (Phi) is 3.43. The molecular weight excluding hydrogens is 272 g/mol. The third kappa shape index (κ3) is 2.53. The van der Waals surface area contributed by atoms with E-state index in [1.54, 1.807) is 0 Å². The molecule has 0 radical (unpaired) electrons. The molecule has 0 spiro atoms. The minimum absolute atomic E-state index is 0.190. The van der Waals surface area contributed by atoms with E-state index in [0.29, 0.717) is 6.04 Å². The van der Waals surface area contributed by atoms with E-state index in [1.165, 1.54) is 29.8 Å². The summed E-state index contributed by atoms with van der Waals surface area (Å²) in [5, 5.41) is 3.41. The summed E-state index contributed by atoms with van der Waals surface area (Å²) in [6, 6.07) is 17.3. The monoisotopic (exact) mass is 292 g/mol. The van der Waals surface area contributed by atoms with E-state index in [1.807, 2.05) is 6.07 Å². The predicted molar refractivity (Wildman–Crippen MR) is 88.6 cm³/mol. The molecule has 1 N–H and O–H groups in total. The van der Waals surface area contributed by atoms with E-state index in [4.69, 9.17) is 0 Å². The van der Waals surface area contributed by atoms with Gasteiger partial charge in [-0.15, -0.1) is 0 Å². The Balaban J connectivity index is 1.63. The van der Waals surface area contributed by atoms with Crippen LogP contribution in [0.3, 0.4) is 0 Å². The van der Waals surface area contributed by atoms with Crippen molar-refractivity contribution in [2.75, 3.05) is 11.4 Å². The summed E-state index contributed by atoms with van der Waals surface area (Å²) >= 11 is 0. The van der Waals surface area contributed by atoms with Crippen LogP contribution >= 0.6 is 0 Å². The fourth-order valence-corrected chi connectivity index (χ4v) is 3.21. The third-order valence-corrected chi connectivity index (χ3v) is 4.56. The third-order valence-electron chi connectivity index (χ3n) is 4.56. The summed E-state index contributed by atoms with van der Waals surface area (Å²) in [5.74, 6) is 0. The van der Waals surface area contributed by atoms with Gasteiger partial charge in [0.25, 0.3) is 0 Å². The molecule has 0 bridgehead atoms. The van der Waals surface area contributed by atoms with Crippen molar-refractivity contribution in [3.63, 3.8) is 0 Å². The molecule has 1 aliphatic heterocycles. The highest BCUT2D eigenvalue weighted by Crippen LogP contribution is 2.35. The van der Waals surface area contributed by atoms with E-state index < -0.39 is 0 Å². The van der Waals surface area contributed by atoms with Gasteiger partial charge in [-0.25, -0.2) is 0 Å². The number of aldehydes is 1. The number of anilines is 2. The van der Waals surface area contributed by atoms with E-state index in [-0.39, 0.29) is 6.04 Å². The molecule has 3 nitrogen and oxygen atoms in total. The fourth-order valence-electron chi connectivity index (χ4n) is 3.21. The summed E-state index contributed by atoms with van der Waals surface area (Å²) in [6.45, 7) is 1.00. The van der Waals surface area contributed by atoms with Gasteiger partial charge in [0.1, 0.15) is 6.29 Å². The van der Waals surface area contributed by atoms with Gasteiger partial charge in [-0.2, -0.15) is 0 Å². The Bertz CT molecular complexity index is 693. The normalized spacial score (nSPS) is 18.1. The van der Waals surface area contributed by atoms with Gasteiger partial charge in [-0.05, 0) is 48.6 Å². The van der Waals surface area contributed by atoms with Crippen molar-refractivity contribution in [2.24, 2.45) is 0 Å². The molecule has 22 heavy (non-hydrogen) atoms. The number of carbonyl (C=O) groups is 1. The maximum atomic E-state index is 11.4. The van der Waals surface area contributed by atoms with Crippen LogP contribution in [0.15, 0.2) is 48.5 Å². The number of fused-ring (bicyclic) bond motifs is 1. The van der Waals surface area contributed by atoms with Gasteiger partial charge in [-0.1, -0.05) is 30.3 Å². The molecule has 112 valence electrons. The quantitative estimate of drug-likeness (QED) is 0.858. The Morgan fingerprint density at radius 3 is 2.82 bits per heavy atom. The molecule has 3 heteroatoms. The first kappa shape index (κ1) is 13.5. The first-order chi connectivity index (χ1) is 10.8. The van der Waals surface area contributed by atoms with Crippen LogP contribution in [-0.2, 0) is 11.2 Å². The van der Waals surface area contributed by atoms with Crippen LogP contribution in [-0.4, -0.2) is 18.9 Å². The molecule has 1 aliphatic carbocycles. The lowest BCUT2D eigenvalue weighted by molar-refractivity contribution is -0.109. The zero-order chi connectivity index (χ0) is 14.9. The Hall–Kier alpha value is -2.13. The Morgan fingerprint density at radius 1 is 1.14 bits per heavy atom.